The molecule has 0 radical (unpaired) electrons. The number of methoxy groups -OCH3 is 1. The number of unbranched alkanes of at least 4 members (excludes halogenated alkanes) is 1. The average Bonchev–Trinajstić information content (AvgIpc) is 3.17. The molecule has 3 rings (SSSR count). The lowest BCUT2D eigenvalue weighted by molar-refractivity contribution is 0.412. The second-order valence-electron chi connectivity index (χ2n) is 7.84. The Labute approximate surface area is 194 Å². The largest absolute Gasteiger partial charge is 0.496 e. The van der Waals surface area contributed by atoms with Gasteiger partial charge < -0.3 is 10.5 Å². The number of benzene rings is 2. The van der Waals surface area contributed by atoms with Crippen molar-refractivity contribution in [2.75, 3.05) is 7.11 Å². The highest BCUT2D eigenvalue weighted by Gasteiger charge is 2.39. The smallest absolute Gasteiger partial charge is 0.136 e. The Bertz CT molecular complexity index is 1090. The Hall–Kier alpha value is -2.32. The van der Waals surface area contributed by atoms with Gasteiger partial charge in [0.05, 0.1) is 17.8 Å². The number of ether oxygens (including phenoxy) is 1. The highest BCUT2D eigenvalue weighted by atomic mass is 35.5. The lowest BCUT2D eigenvalue weighted by Gasteiger charge is -2.32. The number of rotatable bonds is 8. The highest BCUT2D eigenvalue weighted by Crippen LogP contribution is 2.43. The van der Waals surface area contributed by atoms with Crippen LogP contribution in [-0.4, -0.2) is 12.1 Å². The molecule has 1 heterocycles. The first kappa shape index (κ1) is 23.3. The van der Waals surface area contributed by atoms with Gasteiger partial charge in [0.1, 0.15) is 16.3 Å². The van der Waals surface area contributed by atoms with Crippen molar-refractivity contribution in [2.45, 2.75) is 51.5 Å². The minimum absolute atomic E-state index is 0.0230. The minimum atomic E-state index is -1.00. The minimum Gasteiger partial charge on any atom is -0.496 e. The molecule has 1 unspecified atom stereocenters. The van der Waals surface area contributed by atoms with Crippen molar-refractivity contribution in [1.29, 1.82) is 0 Å². The number of hydrogen-bond acceptors (Lipinski definition) is 4. The van der Waals surface area contributed by atoms with Crippen molar-refractivity contribution >= 4 is 22.9 Å². The Morgan fingerprint density at radius 2 is 1.97 bits per heavy atom. The van der Waals surface area contributed by atoms with Gasteiger partial charge in [-0.2, -0.15) is 0 Å². The molecule has 2 atom stereocenters. The van der Waals surface area contributed by atoms with Gasteiger partial charge in [-0.3, -0.25) is 0 Å². The van der Waals surface area contributed by atoms with Crippen molar-refractivity contribution < 1.29 is 4.74 Å². The molecular weight excluding hydrogens is 424 g/mol. The standard InChI is InChI=1S/C26H29ClN2OS/c1-6-8-14-21(19-12-10-9-11-13-19)26(28,7-2)25-29-24(18(4)31-25)20-15-17(3)23(30-5)16-22(20)27/h2,9-13,15-16,21H,6,8,14,28H2,1,3-5H3/t21-,26?/m0/s1. The van der Waals surface area contributed by atoms with Gasteiger partial charge in [0, 0.05) is 16.4 Å². The van der Waals surface area contributed by atoms with E-state index >= 15 is 0 Å². The summed E-state index contributed by atoms with van der Waals surface area (Å²) in [5, 5.41) is 1.34. The van der Waals surface area contributed by atoms with Crippen LogP contribution in [0.5, 0.6) is 5.75 Å². The monoisotopic (exact) mass is 452 g/mol. The predicted octanol–water partition coefficient (Wildman–Crippen LogP) is 6.85. The van der Waals surface area contributed by atoms with Crippen molar-refractivity contribution in [3.63, 3.8) is 0 Å². The molecule has 0 aliphatic heterocycles. The number of nitrogens with two attached hydrogens (primary N) is 1. The van der Waals surface area contributed by atoms with Gasteiger partial charge in [-0.15, -0.1) is 17.8 Å². The van der Waals surface area contributed by atoms with E-state index in [4.69, 9.17) is 33.5 Å². The second-order valence-corrected chi connectivity index (χ2v) is 9.45. The normalized spacial score (nSPS) is 14.0. The third-order valence-corrected chi connectivity index (χ3v) is 7.16. The van der Waals surface area contributed by atoms with Crippen molar-refractivity contribution in [1.82, 2.24) is 4.98 Å². The van der Waals surface area contributed by atoms with Gasteiger partial charge in [-0.05, 0) is 43.5 Å². The van der Waals surface area contributed by atoms with Crippen LogP contribution in [0.1, 0.15) is 53.1 Å². The van der Waals surface area contributed by atoms with Gasteiger partial charge in [-0.25, -0.2) is 4.98 Å². The molecule has 162 valence electrons. The van der Waals surface area contributed by atoms with Crippen LogP contribution >= 0.6 is 22.9 Å². The van der Waals surface area contributed by atoms with Crippen LogP contribution in [-0.2, 0) is 5.54 Å². The highest BCUT2D eigenvalue weighted by molar-refractivity contribution is 7.12. The van der Waals surface area contributed by atoms with E-state index in [-0.39, 0.29) is 5.92 Å². The number of hydrogen-bond donors (Lipinski definition) is 1. The summed E-state index contributed by atoms with van der Waals surface area (Å²) < 4.78 is 5.39. The molecule has 0 saturated carbocycles. The van der Waals surface area contributed by atoms with E-state index in [1.54, 1.807) is 18.4 Å². The van der Waals surface area contributed by atoms with E-state index in [2.05, 4.69) is 25.0 Å². The quantitative estimate of drug-likeness (QED) is 0.380. The third kappa shape index (κ3) is 4.65. The molecule has 0 aliphatic rings. The van der Waals surface area contributed by atoms with Crippen LogP contribution in [0.15, 0.2) is 42.5 Å². The number of halogens is 1. The SMILES string of the molecule is C#CC(N)(c1nc(-c2cc(C)c(OC)cc2Cl)c(C)s1)[C@@H](CCCC)c1ccccc1. The molecule has 3 aromatic rings. The molecule has 0 spiro atoms. The zero-order valence-corrected chi connectivity index (χ0v) is 20.1. The lowest BCUT2D eigenvalue weighted by Crippen LogP contribution is -2.41. The maximum atomic E-state index is 6.97. The lowest BCUT2D eigenvalue weighted by atomic mass is 9.77. The molecule has 1 aromatic heterocycles. The Balaban J connectivity index is 2.11. The molecule has 2 aromatic carbocycles. The fraction of sp³-hybridized carbons (Fsp3) is 0.346. The molecule has 0 bridgehead atoms. The van der Waals surface area contributed by atoms with E-state index in [9.17, 15) is 0 Å². The summed E-state index contributed by atoms with van der Waals surface area (Å²) >= 11 is 8.14. The molecule has 0 amide bonds. The molecule has 0 aliphatic carbocycles. The molecule has 0 saturated heterocycles. The first-order valence-corrected chi connectivity index (χ1v) is 11.7. The predicted molar refractivity (Wildman–Crippen MR) is 132 cm³/mol. The summed E-state index contributed by atoms with van der Waals surface area (Å²) in [5.41, 5.74) is 9.79. The number of terminal acetylenes is 1. The zero-order valence-electron chi connectivity index (χ0n) is 18.5. The van der Waals surface area contributed by atoms with E-state index in [1.807, 2.05) is 44.2 Å². The van der Waals surface area contributed by atoms with E-state index in [0.717, 1.165) is 57.3 Å². The van der Waals surface area contributed by atoms with Crippen molar-refractivity contribution in [2.24, 2.45) is 5.73 Å². The maximum Gasteiger partial charge on any atom is 0.136 e. The molecule has 3 nitrogen and oxygen atoms in total. The van der Waals surface area contributed by atoms with E-state index in [1.165, 1.54) is 0 Å². The summed E-state index contributed by atoms with van der Waals surface area (Å²) in [6, 6.07) is 14.1. The van der Waals surface area contributed by atoms with Gasteiger partial charge in [0.15, 0.2) is 0 Å². The summed E-state index contributed by atoms with van der Waals surface area (Å²) in [5.74, 6) is 3.64. The first-order valence-electron chi connectivity index (χ1n) is 10.5. The molecule has 5 heteroatoms. The summed E-state index contributed by atoms with van der Waals surface area (Å²) in [7, 11) is 1.64. The summed E-state index contributed by atoms with van der Waals surface area (Å²) in [4.78, 5) is 6.00. The van der Waals surface area contributed by atoms with Gasteiger partial charge in [0.25, 0.3) is 0 Å². The second kappa shape index (κ2) is 9.87. The van der Waals surface area contributed by atoms with E-state index < -0.39 is 5.54 Å². The van der Waals surface area contributed by atoms with Gasteiger partial charge in [0.2, 0.25) is 0 Å². The number of aromatic nitrogens is 1. The summed E-state index contributed by atoms with van der Waals surface area (Å²) in [6.07, 6.45) is 9.11. The van der Waals surface area contributed by atoms with Crippen LogP contribution in [0.25, 0.3) is 11.3 Å². The van der Waals surface area contributed by atoms with Gasteiger partial charge >= 0.3 is 0 Å². The zero-order chi connectivity index (χ0) is 22.6. The number of thiazole rings is 1. The molecule has 31 heavy (non-hydrogen) atoms. The number of nitrogens with zero attached hydrogens (tertiary/aromatic N) is 1. The number of aryl methyl sites for hydroxylation is 2. The van der Waals surface area contributed by atoms with Crippen molar-refractivity contribution in [3.8, 4) is 29.4 Å². The van der Waals surface area contributed by atoms with Crippen LogP contribution < -0.4 is 10.5 Å². The van der Waals surface area contributed by atoms with Crippen LogP contribution in [0, 0.1) is 26.2 Å². The molecular formula is C26H29ClN2OS. The van der Waals surface area contributed by atoms with Gasteiger partial charge in [-0.1, -0.05) is 67.6 Å². The van der Waals surface area contributed by atoms with Crippen LogP contribution in [0.2, 0.25) is 5.02 Å². The molecule has 2 N–H and O–H groups in total. The Morgan fingerprint density at radius 1 is 1.26 bits per heavy atom. The van der Waals surface area contributed by atoms with Crippen LogP contribution in [0.4, 0.5) is 0 Å². The maximum absolute atomic E-state index is 6.97. The molecule has 0 fully saturated rings. The van der Waals surface area contributed by atoms with E-state index in [0.29, 0.717) is 5.02 Å². The summed E-state index contributed by atoms with van der Waals surface area (Å²) in [6.45, 7) is 6.20. The Kier molecular flexibility index (Phi) is 7.43. The van der Waals surface area contributed by atoms with Crippen LogP contribution in [0.3, 0.4) is 0 Å². The van der Waals surface area contributed by atoms with Crippen molar-refractivity contribution in [3.05, 3.63) is 68.5 Å². The third-order valence-electron chi connectivity index (χ3n) is 5.73. The Morgan fingerprint density at radius 3 is 2.58 bits per heavy atom. The fourth-order valence-electron chi connectivity index (χ4n) is 3.95. The first-order chi connectivity index (χ1) is 14.8. The topological polar surface area (TPSA) is 48.1 Å². The fourth-order valence-corrected chi connectivity index (χ4v) is 5.24. The average molecular weight is 453 g/mol.